The molecule has 1 aliphatic carbocycles. The fraction of sp³-hybridized carbons (Fsp3) is 0.105. The average Bonchev–Trinajstić information content (AvgIpc) is 3.71. The number of H-pyrrole nitrogens is 1. The molecule has 1 N–H and O–H groups in total. The van der Waals surface area contributed by atoms with Crippen LogP contribution < -0.4 is 10.9 Å². The molecule has 1 aliphatic heterocycles. The van der Waals surface area contributed by atoms with Gasteiger partial charge in [-0.15, -0.1) is 0 Å². The van der Waals surface area contributed by atoms with Crippen molar-refractivity contribution in [1.82, 2.24) is 9.55 Å². The van der Waals surface area contributed by atoms with E-state index >= 15 is 0 Å². The van der Waals surface area contributed by atoms with Crippen molar-refractivity contribution in [3.63, 3.8) is 0 Å². The number of aromatic nitrogens is 2. The van der Waals surface area contributed by atoms with Crippen LogP contribution in [-0.2, 0) is 5.41 Å². The molecule has 0 saturated carbocycles. The predicted molar refractivity (Wildman–Crippen MR) is 177 cm³/mol. The van der Waals surface area contributed by atoms with Crippen LogP contribution in [0.1, 0.15) is 30.5 Å². The number of hydrogen-bond donors (Lipinski definition) is 1. The predicted octanol–water partition coefficient (Wildman–Crippen LogP) is 7.99. The van der Waals surface area contributed by atoms with E-state index in [-0.39, 0.29) is 5.41 Å². The third-order valence-electron chi connectivity index (χ3n) is 9.98. The molecule has 3 nitrogen and oxygen atoms in total. The number of rotatable bonds is 1. The molecular weight excluding hydrogens is 511 g/mol. The zero-order chi connectivity index (χ0) is 27.9. The van der Waals surface area contributed by atoms with Gasteiger partial charge in [-0.1, -0.05) is 92.1 Å². The maximum Gasteiger partial charge on any atom is 0.198 e. The molecule has 10 rings (SSSR count). The Morgan fingerprint density at radius 3 is 2.43 bits per heavy atom. The van der Waals surface area contributed by atoms with Gasteiger partial charge < -0.3 is 14.0 Å². The largest absolute Gasteiger partial charge is 0.454 e. The van der Waals surface area contributed by atoms with Crippen LogP contribution in [0.5, 0.6) is 0 Å². The standard InChI is InChI=1S/C38H27BN2O/c1-20-18-26(21-12-8-14-25-33(21)40-34-23-11-5-7-17-30(23)42-37(25)34)32-29(19-20)41-35-24(13-9-16-28(35)39-32)31-36(41)22-10-4-6-15-27(22)38(31,2)3/h4-19,39-40H,1-3H3. The van der Waals surface area contributed by atoms with Gasteiger partial charge in [0, 0.05) is 43.9 Å². The number of hydrogen-bond acceptors (Lipinski definition) is 1. The van der Waals surface area contributed by atoms with E-state index in [1.54, 1.807) is 0 Å². The number of para-hydroxylation sites is 3. The summed E-state index contributed by atoms with van der Waals surface area (Å²) < 4.78 is 8.97. The smallest absolute Gasteiger partial charge is 0.198 e. The van der Waals surface area contributed by atoms with E-state index in [1.165, 1.54) is 66.6 Å². The fourth-order valence-corrected chi connectivity index (χ4v) is 8.25. The monoisotopic (exact) mass is 538 g/mol. The fourth-order valence-electron chi connectivity index (χ4n) is 8.25. The molecule has 0 amide bonds. The Hall–Kier alpha value is -4.96. The van der Waals surface area contributed by atoms with Crippen molar-refractivity contribution < 1.29 is 4.42 Å². The Bertz CT molecular complexity index is 2490. The first-order chi connectivity index (χ1) is 20.5. The van der Waals surface area contributed by atoms with Crippen molar-refractivity contribution in [3.8, 4) is 28.1 Å². The lowest BCUT2D eigenvalue weighted by molar-refractivity contribution is 0.666. The Labute approximate surface area is 243 Å². The van der Waals surface area contributed by atoms with Crippen LogP contribution in [0.3, 0.4) is 0 Å². The van der Waals surface area contributed by atoms with Crippen molar-refractivity contribution in [2.45, 2.75) is 26.2 Å². The average molecular weight is 538 g/mol. The SMILES string of the molecule is Cc1cc(-c2cccc3c2[nH]c2c4ccccc4oc32)c2c(c1)-n1c3c(c4cccc(c41)B2)C(C)(C)c1ccccc1-3. The van der Waals surface area contributed by atoms with Crippen LogP contribution in [0.15, 0.2) is 101 Å². The Kier molecular flexibility index (Phi) is 4.03. The van der Waals surface area contributed by atoms with E-state index in [0.29, 0.717) is 0 Å². The third-order valence-corrected chi connectivity index (χ3v) is 9.98. The van der Waals surface area contributed by atoms with Crippen LogP contribution in [0.2, 0.25) is 0 Å². The number of nitrogens with one attached hydrogen (secondary N) is 1. The topological polar surface area (TPSA) is 33.9 Å². The number of benzene rings is 5. The molecule has 0 bridgehead atoms. The molecule has 8 aromatic rings. The molecule has 0 saturated heterocycles. The zero-order valence-corrected chi connectivity index (χ0v) is 23.8. The van der Waals surface area contributed by atoms with Gasteiger partial charge in [0.15, 0.2) is 12.9 Å². The second-order valence-electron chi connectivity index (χ2n) is 12.7. The number of fused-ring (bicyclic) bond motifs is 12. The van der Waals surface area contributed by atoms with Crippen LogP contribution in [0.4, 0.5) is 0 Å². The van der Waals surface area contributed by atoms with Crippen molar-refractivity contribution in [1.29, 1.82) is 0 Å². The molecule has 5 aromatic carbocycles. The van der Waals surface area contributed by atoms with Crippen molar-refractivity contribution in [2.24, 2.45) is 0 Å². The minimum Gasteiger partial charge on any atom is -0.454 e. The summed E-state index contributed by atoms with van der Waals surface area (Å²) in [5, 5.41) is 3.64. The molecule has 0 radical (unpaired) electrons. The van der Waals surface area contributed by atoms with Crippen LogP contribution >= 0.6 is 0 Å². The first-order valence-corrected chi connectivity index (χ1v) is 14.8. The van der Waals surface area contributed by atoms with Crippen LogP contribution in [0.25, 0.3) is 71.9 Å². The molecule has 198 valence electrons. The maximum atomic E-state index is 6.38. The van der Waals surface area contributed by atoms with E-state index in [0.717, 1.165) is 40.3 Å². The van der Waals surface area contributed by atoms with Crippen LogP contribution in [-0.4, -0.2) is 16.8 Å². The van der Waals surface area contributed by atoms with Gasteiger partial charge >= 0.3 is 0 Å². The molecule has 4 heteroatoms. The van der Waals surface area contributed by atoms with Gasteiger partial charge in [0.2, 0.25) is 0 Å². The molecule has 4 heterocycles. The van der Waals surface area contributed by atoms with E-state index < -0.39 is 0 Å². The molecule has 42 heavy (non-hydrogen) atoms. The minimum absolute atomic E-state index is 0.0576. The van der Waals surface area contributed by atoms with Gasteiger partial charge in [0.1, 0.15) is 5.58 Å². The summed E-state index contributed by atoms with van der Waals surface area (Å²) in [6.45, 7) is 7.01. The quantitative estimate of drug-likeness (QED) is 0.211. The molecule has 0 unspecified atom stereocenters. The summed E-state index contributed by atoms with van der Waals surface area (Å²) in [5.74, 6) is 0. The Morgan fingerprint density at radius 2 is 1.50 bits per heavy atom. The van der Waals surface area contributed by atoms with Crippen molar-refractivity contribution >= 4 is 62.1 Å². The summed E-state index contributed by atoms with van der Waals surface area (Å²) in [6, 6.07) is 35.6. The third kappa shape index (κ3) is 2.60. The first-order valence-electron chi connectivity index (χ1n) is 14.8. The highest BCUT2D eigenvalue weighted by Gasteiger charge is 2.42. The maximum absolute atomic E-state index is 6.38. The molecule has 0 fully saturated rings. The number of furan rings is 1. The lowest BCUT2D eigenvalue weighted by Crippen LogP contribution is -2.37. The number of nitrogens with zero attached hydrogens (tertiary/aromatic N) is 1. The van der Waals surface area contributed by atoms with Gasteiger partial charge in [0.25, 0.3) is 0 Å². The van der Waals surface area contributed by atoms with Crippen molar-refractivity contribution in [3.05, 3.63) is 114 Å². The zero-order valence-electron chi connectivity index (χ0n) is 23.8. The number of aromatic amines is 1. The normalized spacial score (nSPS) is 14.5. The summed E-state index contributed by atoms with van der Waals surface area (Å²) in [4.78, 5) is 3.79. The number of aryl methyl sites for hydroxylation is 1. The van der Waals surface area contributed by atoms with Gasteiger partial charge in [-0.05, 0) is 58.9 Å². The molecule has 3 aromatic heterocycles. The lowest BCUT2D eigenvalue weighted by Gasteiger charge is -2.25. The van der Waals surface area contributed by atoms with E-state index in [4.69, 9.17) is 4.42 Å². The minimum atomic E-state index is -0.0576. The van der Waals surface area contributed by atoms with E-state index in [2.05, 4.69) is 115 Å². The van der Waals surface area contributed by atoms with E-state index in [9.17, 15) is 0 Å². The summed E-state index contributed by atoms with van der Waals surface area (Å²) in [5.41, 5.74) is 18.8. The lowest BCUT2D eigenvalue weighted by atomic mass is 9.59. The molecular formula is C38H27BN2O. The highest BCUT2D eigenvalue weighted by Crippen LogP contribution is 2.53. The molecule has 0 spiro atoms. The summed E-state index contributed by atoms with van der Waals surface area (Å²) >= 11 is 0. The van der Waals surface area contributed by atoms with Gasteiger partial charge in [-0.2, -0.15) is 0 Å². The Morgan fingerprint density at radius 1 is 0.738 bits per heavy atom. The van der Waals surface area contributed by atoms with Crippen molar-refractivity contribution in [2.75, 3.05) is 0 Å². The summed E-state index contributed by atoms with van der Waals surface area (Å²) in [7, 11) is 0.906. The molecule has 2 aliphatic rings. The van der Waals surface area contributed by atoms with E-state index in [1.807, 2.05) is 12.1 Å². The Balaban J connectivity index is 1.31. The second-order valence-corrected chi connectivity index (χ2v) is 12.7. The highest BCUT2D eigenvalue weighted by molar-refractivity contribution is 6.73. The second kappa shape index (κ2) is 7.46. The highest BCUT2D eigenvalue weighted by atomic mass is 16.3. The van der Waals surface area contributed by atoms with Gasteiger partial charge in [-0.25, -0.2) is 0 Å². The van der Waals surface area contributed by atoms with Gasteiger partial charge in [-0.3, -0.25) is 0 Å². The van der Waals surface area contributed by atoms with Crippen LogP contribution in [0, 0.1) is 6.92 Å². The first kappa shape index (κ1) is 22.7. The molecule has 0 atom stereocenters. The van der Waals surface area contributed by atoms with Gasteiger partial charge in [0.05, 0.1) is 16.7 Å². The summed E-state index contributed by atoms with van der Waals surface area (Å²) in [6.07, 6.45) is 0.